The highest BCUT2D eigenvalue weighted by Crippen LogP contribution is 2.49. The van der Waals surface area contributed by atoms with E-state index in [1.807, 2.05) is 11.3 Å². The Bertz CT molecular complexity index is 2650. The molecule has 0 amide bonds. The number of rotatable bonds is 2. The lowest BCUT2D eigenvalue weighted by atomic mass is 9.89. The summed E-state index contributed by atoms with van der Waals surface area (Å²) >= 11 is 1.92. The second kappa shape index (κ2) is 9.53. The molecule has 45 heavy (non-hydrogen) atoms. The van der Waals surface area contributed by atoms with Crippen molar-refractivity contribution in [2.75, 3.05) is 0 Å². The van der Waals surface area contributed by atoms with E-state index in [0.29, 0.717) is 0 Å². The number of allylic oxidation sites excluding steroid dienone is 1. The minimum absolute atomic E-state index is 0.874. The normalized spacial score (nSPS) is 12.9. The maximum absolute atomic E-state index is 2.49. The molecule has 0 radical (unpaired) electrons. The molecule has 7 aromatic carbocycles. The van der Waals surface area contributed by atoms with Gasteiger partial charge in [-0.05, 0) is 81.4 Å². The number of hydrogen-bond donors (Lipinski definition) is 0. The van der Waals surface area contributed by atoms with Crippen molar-refractivity contribution in [2.24, 2.45) is 0 Å². The predicted octanol–water partition coefficient (Wildman–Crippen LogP) is 12.1. The minimum atomic E-state index is 0.874. The fourth-order valence-corrected chi connectivity index (χ4v) is 8.88. The second-order valence-electron chi connectivity index (χ2n) is 12.1. The Hall–Kier alpha value is -5.44. The molecule has 0 N–H and O–H groups in total. The molecular weight excluding hydrogens is 563 g/mol. The van der Waals surface area contributed by atoms with Crippen LogP contribution in [0.4, 0.5) is 0 Å². The lowest BCUT2D eigenvalue weighted by molar-refractivity contribution is 1.18. The minimum Gasteiger partial charge on any atom is -0.309 e. The van der Waals surface area contributed by atoms with Crippen LogP contribution in [0.1, 0.15) is 16.7 Å². The SMILES string of the molecule is C1=C(c2ccccc2)Cc2ccc3c(c2-c2ccc4c(sc5ccccc54)c21)c1c2ccccc2ccc1n3-c1ccccc1. The first-order valence-electron chi connectivity index (χ1n) is 15.6. The molecule has 1 aliphatic carbocycles. The zero-order chi connectivity index (χ0) is 29.5. The van der Waals surface area contributed by atoms with Crippen LogP contribution in [-0.4, -0.2) is 4.57 Å². The summed E-state index contributed by atoms with van der Waals surface area (Å²) in [5, 5.41) is 7.91. The van der Waals surface area contributed by atoms with Gasteiger partial charge in [0, 0.05) is 42.2 Å². The van der Waals surface area contributed by atoms with Gasteiger partial charge in [-0.1, -0.05) is 115 Å². The average Bonchev–Trinajstić information content (AvgIpc) is 3.59. The Morgan fingerprint density at radius 3 is 2.11 bits per heavy atom. The predicted molar refractivity (Wildman–Crippen MR) is 195 cm³/mol. The number of para-hydroxylation sites is 1. The maximum atomic E-state index is 2.49. The maximum Gasteiger partial charge on any atom is 0.0547 e. The van der Waals surface area contributed by atoms with Gasteiger partial charge in [-0.15, -0.1) is 11.3 Å². The van der Waals surface area contributed by atoms with Crippen molar-refractivity contribution in [3.8, 4) is 16.8 Å². The molecule has 0 aliphatic heterocycles. The van der Waals surface area contributed by atoms with E-state index >= 15 is 0 Å². The number of thiophene rings is 1. The Morgan fingerprint density at radius 1 is 0.533 bits per heavy atom. The molecule has 0 saturated carbocycles. The van der Waals surface area contributed by atoms with Gasteiger partial charge in [-0.3, -0.25) is 0 Å². The number of nitrogens with zero attached hydrogens (tertiary/aromatic N) is 1. The van der Waals surface area contributed by atoms with E-state index in [1.54, 1.807) is 0 Å². The van der Waals surface area contributed by atoms with E-state index in [2.05, 4.69) is 156 Å². The van der Waals surface area contributed by atoms with Gasteiger partial charge in [0.15, 0.2) is 0 Å². The van der Waals surface area contributed by atoms with Crippen molar-refractivity contribution in [2.45, 2.75) is 6.42 Å². The summed E-state index contributed by atoms with van der Waals surface area (Å²) in [6.45, 7) is 0. The van der Waals surface area contributed by atoms with Crippen LogP contribution in [-0.2, 0) is 6.42 Å². The van der Waals surface area contributed by atoms with Crippen molar-refractivity contribution < 1.29 is 0 Å². The summed E-state index contributed by atoms with van der Waals surface area (Å²) in [6, 6.07) is 53.6. The van der Waals surface area contributed by atoms with Gasteiger partial charge in [0.05, 0.1) is 11.0 Å². The molecule has 2 heteroatoms. The molecule has 0 unspecified atom stereocenters. The number of aromatic nitrogens is 1. The van der Waals surface area contributed by atoms with E-state index in [4.69, 9.17) is 0 Å². The molecule has 210 valence electrons. The Labute approximate surface area is 264 Å². The van der Waals surface area contributed by atoms with Crippen LogP contribution in [0.15, 0.2) is 146 Å². The smallest absolute Gasteiger partial charge is 0.0547 e. The molecule has 0 spiro atoms. The summed E-state index contributed by atoms with van der Waals surface area (Å²) in [7, 11) is 0. The highest BCUT2D eigenvalue weighted by molar-refractivity contribution is 7.26. The van der Waals surface area contributed by atoms with Crippen LogP contribution in [0.5, 0.6) is 0 Å². The lowest BCUT2D eigenvalue weighted by Gasteiger charge is -2.14. The van der Waals surface area contributed by atoms with Gasteiger partial charge in [-0.25, -0.2) is 0 Å². The highest BCUT2D eigenvalue weighted by atomic mass is 32.1. The molecule has 1 nitrogen and oxygen atoms in total. The number of fused-ring (bicyclic) bond motifs is 13. The second-order valence-corrected chi connectivity index (χ2v) is 13.1. The summed E-state index contributed by atoms with van der Waals surface area (Å²) in [4.78, 5) is 0. The lowest BCUT2D eigenvalue weighted by Crippen LogP contribution is -1.95. The van der Waals surface area contributed by atoms with E-state index in [9.17, 15) is 0 Å². The molecule has 0 saturated heterocycles. The number of hydrogen-bond acceptors (Lipinski definition) is 1. The largest absolute Gasteiger partial charge is 0.309 e. The van der Waals surface area contributed by atoms with Gasteiger partial charge >= 0.3 is 0 Å². The van der Waals surface area contributed by atoms with Crippen LogP contribution in [0, 0.1) is 0 Å². The third kappa shape index (κ3) is 3.61. The van der Waals surface area contributed by atoms with Gasteiger partial charge < -0.3 is 4.57 Å². The fraction of sp³-hybridized carbons (Fsp3) is 0.0233. The molecule has 10 rings (SSSR count). The third-order valence-electron chi connectivity index (χ3n) is 9.62. The Balaban J connectivity index is 1.41. The van der Waals surface area contributed by atoms with E-state index in [-0.39, 0.29) is 0 Å². The van der Waals surface area contributed by atoms with Crippen LogP contribution >= 0.6 is 11.3 Å². The highest BCUT2D eigenvalue weighted by Gasteiger charge is 2.26. The first-order chi connectivity index (χ1) is 22.3. The van der Waals surface area contributed by atoms with Crippen LogP contribution in [0.3, 0.4) is 0 Å². The van der Waals surface area contributed by atoms with Crippen molar-refractivity contribution in [3.05, 3.63) is 162 Å². The van der Waals surface area contributed by atoms with Gasteiger partial charge in [-0.2, -0.15) is 0 Å². The molecule has 0 bridgehead atoms. The molecule has 0 fully saturated rings. The first-order valence-corrected chi connectivity index (χ1v) is 16.4. The van der Waals surface area contributed by atoms with Gasteiger partial charge in [0.1, 0.15) is 0 Å². The van der Waals surface area contributed by atoms with Gasteiger partial charge in [0.2, 0.25) is 0 Å². The standard InChI is InChI=1S/C43H27NS/c1-3-11-27(12-4-1)30-25-29-20-24-38-42(40(29)34-21-22-35-33-17-9-10-18-39(33)45-43(35)36(34)26-30)41-32-16-8-7-13-28(32)19-23-37(41)44(38)31-14-5-2-6-15-31/h1-24,26H,25H2. The fourth-order valence-electron chi connectivity index (χ4n) is 7.66. The first kappa shape index (κ1) is 24.9. The molecule has 9 aromatic rings. The summed E-state index contributed by atoms with van der Waals surface area (Å²) in [5.41, 5.74) is 11.7. The quantitative estimate of drug-likeness (QED) is 0.189. The Kier molecular flexibility index (Phi) is 5.28. The van der Waals surface area contributed by atoms with Crippen LogP contribution < -0.4 is 0 Å². The number of benzene rings is 7. The molecule has 1 aliphatic rings. The van der Waals surface area contributed by atoms with E-state index < -0.39 is 0 Å². The van der Waals surface area contributed by atoms with Gasteiger partial charge in [0.25, 0.3) is 0 Å². The molecule has 0 atom stereocenters. The summed E-state index contributed by atoms with van der Waals surface area (Å²) < 4.78 is 5.17. The Morgan fingerprint density at radius 2 is 1.24 bits per heavy atom. The monoisotopic (exact) mass is 589 g/mol. The molecule has 2 heterocycles. The average molecular weight is 590 g/mol. The van der Waals surface area contributed by atoms with E-state index in [1.165, 1.54) is 91.8 Å². The van der Waals surface area contributed by atoms with Crippen molar-refractivity contribution in [1.29, 1.82) is 0 Å². The van der Waals surface area contributed by atoms with Crippen molar-refractivity contribution in [3.63, 3.8) is 0 Å². The van der Waals surface area contributed by atoms with E-state index in [0.717, 1.165) is 6.42 Å². The third-order valence-corrected chi connectivity index (χ3v) is 10.8. The summed E-state index contributed by atoms with van der Waals surface area (Å²) in [6.07, 6.45) is 3.36. The van der Waals surface area contributed by atoms with Crippen molar-refractivity contribution >= 4 is 75.7 Å². The summed E-state index contributed by atoms with van der Waals surface area (Å²) in [5.74, 6) is 0. The zero-order valence-corrected chi connectivity index (χ0v) is 25.3. The van der Waals surface area contributed by atoms with Crippen LogP contribution in [0.25, 0.3) is 81.2 Å². The zero-order valence-electron chi connectivity index (χ0n) is 24.5. The molecular formula is C43H27NS. The van der Waals surface area contributed by atoms with Crippen LogP contribution in [0.2, 0.25) is 0 Å². The van der Waals surface area contributed by atoms with Crippen molar-refractivity contribution in [1.82, 2.24) is 4.57 Å². The topological polar surface area (TPSA) is 4.93 Å². The molecule has 2 aromatic heterocycles.